The molecule has 0 radical (unpaired) electrons. The van der Waals surface area contributed by atoms with Crippen molar-refractivity contribution in [3.8, 4) is 0 Å². The van der Waals surface area contributed by atoms with Crippen molar-refractivity contribution in [1.29, 1.82) is 0 Å². The van der Waals surface area contributed by atoms with Crippen molar-refractivity contribution in [2.75, 3.05) is 6.26 Å². The Morgan fingerprint density at radius 3 is 1.31 bits per heavy atom. The molecule has 2 N–H and O–H groups in total. The van der Waals surface area contributed by atoms with Gasteiger partial charge in [-0.25, -0.2) is 0 Å². The largest absolute Gasteiger partial charge is 0.286 e. The average molecular weight is 271 g/mol. The zero-order valence-corrected chi connectivity index (χ0v) is 8.84. The van der Waals surface area contributed by atoms with Gasteiger partial charge in [0.05, 0.1) is 6.26 Å². The Kier molecular flexibility index (Phi) is 13.7. The van der Waals surface area contributed by atoms with E-state index in [4.69, 9.17) is 9.76 Å². The first-order valence-corrected chi connectivity index (χ1v) is 5.04. The molecule has 0 aromatic heterocycles. The van der Waals surface area contributed by atoms with Gasteiger partial charge in [-0.05, 0) is 0 Å². The van der Waals surface area contributed by atoms with Crippen molar-refractivity contribution in [3.05, 3.63) is 0 Å². The minimum absolute atomic E-state index is 0. The van der Waals surface area contributed by atoms with E-state index in [0.717, 1.165) is 0 Å². The van der Waals surface area contributed by atoms with Crippen LogP contribution in [0.1, 0.15) is 12.8 Å². The molecule has 11 heteroatoms. The van der Waals surface area contributed by atoms with E-state index in [9.17, 15) is 18.0 Å². The lowest BCUT2D eigenvalue weighted by Crippen LogP contribution is -2.24. The number of rotatable bonds is 0. The Labute approximate surface area is 88.8 Å². The molecule has 1 heterocycles. The van der Waals surface area contributed by atoms with Crippen LogP contribution in [0, 0.1) is 0 Å². The molecular weight excluding hydrogens is 259 g/mol. The summed E-state index contributed by atoms with van der Waals surface area (Å²) in [7, 11) is -3.67. The van der Waals surface area contributed by atoms with E-state index < -0.39 is 21.9 Å². The fourth-order valence-corrected chi connectivity index (χ4v) is 0.565. The van der Waals surface area contributed by atoms with E-state index in [1.165, 1.54) is 0 Å². The zero-order chi connectivity index (χ0) is 10.6. The van der Waals surface area contributed by atoms with Gasteiger partial charge in [0, 0.05) is 12.8 Å². The monoisotopic (exact) mass is 271 g/mol. The Hall–Kier alpha value is -1.20. The number of amides is 2. The van der Waals surface area contributed by atoms with Crippen LogP contribution in [0.15, 0.2) is 0 Å². The van der Waals surface area contributed by atoms with Gasteiger partial charge in [0.1, 0.15) is 0 Å². The lowest BCUT2D eigenvalue weighted by atomic mass is 10.4. The van der Waals surface area contributed by atoms with Gasteiger partial charge >= 0.3 is 0 Å². The molecule has 0 spiro atoms. The summed E-state index contributed by atoms with van der Waals surface area (Å²) in [5, 5.41) is 8.57. The van der Waals surface area contributed by atoms with Crippen molar-refractivity contribution in [2.24, 2.45) is 0 Å². The minimum atomic E-state index is -3.67. The van der Waals surface area contributed by atoms with Gasteiger partial charge < -0.3 is 0 Å². The second-order valence-electron chi connectivity index (χ2n) is 2.33. The zero-order valence-electron chi connectivity index (χ0n) is 8.02. The topological polar surface area (TPSA) is 112 Å². The molecule has 1 aliphatic heterocycles. The molecule has 100 valence electrons. The van der Waals surface area contributed by atoms with E-state index in [-0.39, 0.29) is 32.0 Å². The van der Waals surface area contributed by atoms with Crippen LogP contribution in [0.25, 0.3) is 0 Å². The summed E-state index contributed by atoms with van der Waals surface area (Å²) in [4.78, 5) is 20.5. The molecule has 16 heavy (non-hydrogen) atoms. The van der Waals surface area contributed by atoms with E-state index in [1.54, 1.807) is 0 Å². The molecule has 0 unspecified atom stereocenters. The van der Waals surface area contributed by atoms with Crippen molar-refractivity contribution >= 4 is 21.9 Å². The van der Waals surface area contributed by atoms with E-state index in [1.807, 2.05) is 0 Å². The number of hydrogen-bond donors (Lipinski definition) is 2. The van der Waals surface area contributed by atoms with Gasteiger partial charge in [0.2, 0.25) is 0 Å². The highest BCUT2D eigenvalue weighted by Gasteiger charge is 2.26. The molecular formula is C5H12F3NO6S. The molecule has 1 aliphatic rings. The molecule has 2 amide bonds. The molecule has 1 rings (SSSR count). The first kappa shape index (κ1) is 24.2. The molecule has 1 saturated heterocycles. The van der Waals surface area contributed by atoms with Crippen molar-refractivity contribution < 1.29 is 41.9 Å². The molecule has 7 nitrogen and oxygen atoms in total. The molecule has 0 bridgehead atoms. The third-order valence-electron chi connectivity index (χ3n) is 1.03. The fourth-order valence-electron chi connectivity index (χ4n) is 0.565. The number of carbonyl (C=O) groups is 2. The molecule has 1 fully saturated rings. The summed E-state index contributed by atoms with van der Waals surface area (Å²) >= 11 is 0. The summed E-state index contributed by atoms with van der Waals surface area (Å²) in [6.45, 7) is 0. The molecule has 0 saturated carbocycles. The van der Waals surface area contributed by atoms with Gasteiger partial charge in [-0.1, -0.05) is 0 Å². The summed E-state index contributed by atoms with van der Waals surface area (Å²) < 4.78 is 25.9. The maximum absolute atomic E-state index is 10.2. The highest BCUT2D eigenvalue weighted by Crippen LogP contribution is 2.06. The standard InChI is InChI=1S/C4H5NO3.CH4O3S.3FH/c6-3-1-2-4(7)5(3)8;1-5(2,3)4;;;/h8H,1-2H2;1H3,(H,2,3,4);3*1H. The summed E-state index contributed by atoms with van der Waals surface area (Å²) in [6.07, 6.45) is 1.01. The quantitative estimate of drug-likeness (QED) is 0.348. The molecule has 0 aliphatic carbocycles. The smallest absolute Gasteiger partial charge is 0.261 e. The lowest BCUT2D eigenvalue weighted by molar-refractivity contribution is -0.171. The van der Waals surface area contributed by atoms with Gasteiger partial charge in [0.15, 0.2) is 0 Å². The maximum Gasteiger partial charge on any atom is 0.261 e. The van der Waals surface area contributed by atoms with Crippen molar-refractivity contribution in [2.45, 2.75) is 12.8 Å². The Morgan fingerprint density at radius 2 is 1.25 bits per heavy atom. The van der Waals surface area contributed by atoms with Crippen LogP contribution in [-0.2, 0) is 19.7 Å². The van der Waals surface area contributed by atoms with E-state index in [2.05, 4.69) is 0 Å². The summed E-state index contributed by atoms with van der Waals surface area (Å²) in [5.74, 6) is -1.01. The minimum Gasteiger partial charge on any atom is -0.286 e. The SMILES string of the molecule is CS(=O)(=O)O.F.F.F.O=C1CCC(=O)N1O. The fraction of sp³-hybridized carbons (Fsp3) is 0.600. The number of nitrogens with zero attached hydrogens (tertiary/aromatic N) is 1. The van der Waals surface area contributed by atoms with Crippen LogP contribution in [0.3, 0.4) is 0 Å². The van der Waals surface area contributed by atoms with Crippen LogP contribution in [0.4, 0.5) is 14.1 Å². The number of hydroxylamine groups is 2. The van der Waals surface area contributed by atoms with Crippen LogP contribution in [-0.4, -0.2) is 41.3 Å². The predicted octanol–water partition coefficient (Wildman–Crippen LogP) is -0.514. The number of hydrogen-bond acceptors (Lipinski definition) is 5. The van der Waals surface area contributed by atoms with Gasteiger partial charge in [-0.3, -0.25) is 33.5 Å². The average Bonchev–Trinajstić information content (AvgIpc) is 2.16. The van der Waals surface area contributed by atoms with Crippen LogP contribution in [0.2, 0.25) is 0 Å². The number of carbonyl (C=O) groups excluding carboxylic acids is 2. The van der Waals surface area contributed by atoms with Crippen LogP contribution in [0.5, 0.6) is 0 Å². The van der Waals surface area contributed by atoms with Gasteiger partial charge in [-0.15, -0.1) is 0 Å². The number of imide groups is 1. The molecule has 0 aromatic carbocycles. The number of halogens is 3. The Bertz CT molecular complexity index is 294. The third kappa shape index (κ3) is 12.8. The van der Waals surface area contributed by atoms with Crippen molar-refractivity contribution in [1.82, 2.24) is 5.06 Å². The highest BCUT2D eigenvalue weighted by atomic mass is 32.2. The Balaban J connectivity index is -0.0000000818. The first-order chi connectivity index (χ1) is 5.72. The second-order valence-corrected chi connectivity index (χ2v) is 3.80. The summed E-state index contributed by atoms with van der Waals surface area (Å²) in [6, 6.07) is 0. The third-order valence-corrected chi connectivity index (χ3v) is 1.03. The van der Waals surface area contributed by atoms with Crippen molar-refractivity contribution in [3.63, 3.8) is 0 Å². The van der Waals surface area contributed by atoms with E-state index in [0.29, 0.717) is 6.26 Å². The first-order valence-electron chi connectivity index (χ1n) is 3.19. The second kappa shape index (κ2) is 9.06. The van der Waals surface area contributed by atoms with Crippen LogP contribution < -0.4 is 0 Å². The lowest BCUT2D eigenvalue weighted by Gasteiger charge is -1.98. The highest BCUT2D eigenvalue weighted by molar-refractivity contribution is 7.85. The summed E-state index contributed by atoms with van der Waals surface area (Å²) in [5.41, 5.74) is 0. The van der Waals surface area contributed by atoms with Gasteiger partial charge in [-0.2, -0.15) is 13.5 Å². The predicted molar refractivity (Wildman–Crippen MR) is 47.9 cm³/mol. The molecule has 0 aromatic rings. The van der Waals surface area contributed by atoms with Crippen LogP contribution >= 0.6 is 0 Å². The van der Waals surface area contributed by atoms with E-state index >= 15 is 0 Å². The normalized spacial score (nSPS) is 13.8. The van der Waals surface area contributed by atoms with Gasteiger partial charge in [0.25, 0.3) is 21.9 Å². The Morgan fingerprint density at radius 1 is 1.06 bits per heavy atom. The maximum atomic E-state index is 10.2. The molecule has 0 atom stereocenters.